The SMILES string of the molecule is CCCCCNC(=O)C(c1ccc(C)cc1)N(CC)C(=O)C(C)NC(=O)OC(C)(C)C. The first-order valence-electron chi connectivity index (χ1n) is 11.1. The van der Waals surface area contributed by atoms with Crippen LogP contribution >= 0.6 is 0 Å². The third-order valence-corrected chi connectivity index (χ3v) is 4.76. The maximum absolute atomic E-state index is 13.2. The van der Waals surface area contributed by atoms with Crippen molar-refractivity contribution in [2.24, 2.45) is 0 Å². The van der Waals surface area contributed by atoms with E-state index >= 15 is 0 Å². The summed E-state index contributed by atoms with van der Waals surface area (Å²) in [6.07, 6.45) is 2.31. The number of alkyl carbamates (subject to hydrolysis) is 1. The minimum absolute atomic E-state index is 0.223. The molecule has 2 unspecified atom stereocenters. The number of nitrogens with one attached hydrogen (secondary N) is 2. The molecule has 0 aliphatic rings. The van der Waals surface area contributed by atoms with Gasteiger partial charge in [0.15, 0.2) is 0 Å². The molecule has 31 heavy (non-hydrogen) atoms. The summed E-state index contributed by atoms with van der Waals surface area (Å²) in [5.41, 5.74) is 1.14. The Hall–Kier alpha value is -2.57. The fourth-order valence-corrected chi connectivity index (χ4v) is 3.17. The van der Waals surface area contributed by atoms with E-state index in [2.05, 4.69) is 17.6 Å². The van der Waals surface area contributed by atoms with Gasteiger partial charge in [0, 0.05) is 13.1 Å². The fraction of sp³-hybridized carbons (Fsp3) is 0.625. The van der Waals surface area contributed by atoms with Crippen molar-refractivity contribution in [3.05, 3.63) is 35.4 Å². The summed E-state index contributed by atoms with van der Waals surface area (Å²) in [6, 6.07) is 5.97. The van der Waals surface area contributed by atoms with Gasteiger partial charge >= 0.3 is 6.09 Å². The molecule has 2 atom stereocenters. The van der Waals surface area contributed by atoms with Crippen LogP contribution in [-0.4, -0.2) is 47.5 Å². The normalized spacial score (nSPS) is 13.1. The number of likely N-dealkylation sites (N-methyl/N-ethyl adjacent to an activating group) is 1. The standard InChI is InChI=1S/C24H39N3O4/c1-8-10-11-16-25-21(28)20(19-14-12-17(3)13-15-19)27(9-2)22(29)18(4)26-23(30)31-24(5,6)7/h12-15,18,20H,8-11,16H2,1-7H3,(H,25,28)(H,26,30). The summed E-state index contributed by atoms with van der Waals surface area (Å²) >= 11 is 0. The number of nitrogens with zero attached hydrogens (tertiary/aromatic N) is 1. The molecule has 0 aliphatic carbocycles. The van der Waals surface area contributed by atoms with Crippen molar-refractivity contribution in [3.8, 4) is 0 Å². The lowest BCUT2D eigenvalue weighted by molar-refractivity contribution is -0.141. The topological polar surface area (TPSA) is 87.7 Å². The maximum Gasteiger partial charge on any atom is 0.408 e. The van der Waals surface area contributed by atoms with E-state index < -0.39 is 23.8 Å². The van der Waals surface area contributed by atoms with Gasteiger partial charge in [-0.1, -0.05) is 49.6 Å². The maximum atomic E-state index is 13.2. The van der Waals surface area contributed by atoms with E-state index in [-0.39, 0.29) is 11.8 Å². The third-order valence-electron chi connectivity index (χ3n) is 4.76. The number of benzene rings is 1. The number of carbonyl (C=O) groups is 3. The molecule has 174 valence electrons. The van der Waals surface area contributed by atoms with E-state index in [0.29, 0.717) is 13.1 Å². The molecule has 0 aliphatic heterocycles. The van der Waals surface area contributed by atoms with Gasteiger partial charge in [0.1, 0.15) is 17.7 Å². The van der Waals surface area contributed by atoms with Crippen LogP contribution in [0.15, 0.2) is 24.3 Å². The Morgan fingerprint density at radius 2 is 1.68 bits per heavy atom. The summed E-state index contributed by atoms with van der Waals surface area (Å²) in [4.78, 5) is 39.9. The van der Waals surface area contributed by atoms with Crippen LogP contribution < -0.4 is 10.6 Å². The van der Waals surface area contributed by atoms with Gasteiger partial charge in [-0.3, -0.25) is 9.59 Å². The van der Waals surface area contributed by atoms with E-state index in [1.165, 1.54) is 4.90 Å². The van der Waals surface area contributed by atoms with Crippen molar-refractivity contribution in [3.63, 3.8) is 0 Å². The Bertz CT molecular complexity index is 725. The van der Waals surface area contributed by atoms with Gasteiger partial charge in [-0.15, -0.1) is 0 Å². The fourth-order valence-electron chi connectivity index (χ4n) is 3.17. The number of aryl methyl sites for hydroxylation is 1. The van der Waals surface area contributed by atoms with Gasteiger partial charge in [-0.25, -0.2) is 4.79 Å². The zero-order valence-corrected chi connectivity index (χ0v) is 20.1. The molecule has 0 aromatic heterocycles. The molecule has 7 nitrogen and oxygen atoms in total. The molecular formula is C24H39N3O4. The van der Waals surface area contributed by atoms with E-state index in [1.54, 1.807) is 27.7 Å². The molecule has 7 heteroatoms. The number of rotatable bonds is 10. The van der Waals surface area contributed by atoms with Gasteiger partial charge < -0.3 is 20.3 Å². The molecule has 0 spiro atoms. The molecule has 0 saturated heterocycles. The predicted octanol–water partition coefficient (Wildman–Crippen LogP) is 4.10. The first-order valence-corrected chi connectivity index (χ1v) is 11.1. The molecule has 0 radical (unpaired) electrons. The lowest BCUT2D eigenvalue weighted by Crippen LogP contribution is -2.51. The highest BCUT2D eigenvalue weighted by molar-refractivity contribution is 5.91. The van der Waals surface area contributed by atoms with E-state index in [9.17, 15) is 14.4 Å². The Labute approximate surface area is 186 Å². The van der Waals surface area contributed by atoms with Gasteiger partial charge in [0.2, 0.25) is 11.8 Å². The number of hydrogen-bond acceptors (Lipinski definition) is 4. The highest BCUT2D eigenvalue weighted by Gasteiger charge is 2.33. The number of hydrogen-bond donors (Lipinski definition) is 2. The van der Waals surface area contributed by atoms with Crippen LogP contribution in [0.1, 0.15) is 78.0 Å². The second kappa shape index (κ2) is 12.3. The Balaban J connectivity index is 3.06. The van der Waals surface area contributed by atoms with Gasteiger partial charge in [0.25, 0.3) is 0 Å². The quantitative estimate of drug-likeness (QED) is 0.544. The highest BCUT2D eigenvalue weighted by atomic mass is 16.6. The van der Waals surface area contributed by atoms with E-state index in [4.69, 9.17) is 4.74 Å². The van der Waals surface area contributed by atoms with E-state index in [0.717, 1.165) is 30.4 Å². The van der Waals surface area contributed by atoms with Crippen LogP contribution in [0.4, 0.5) is 4.79 Å². The predicted molar refractivity (Wildman–Crippen MR) is 123 cm³/mol. The molecule has 2 N–H and O–H groups in total. The van der Waals surface area contributed by atoms with Crippen LogP contribution in [0, 0.1) is 6.92 Å². The number of unbranched alkanes of at least 4 members (excludes halogenated alkanes) is 2. The van der Waals surface area contributed by atoms with Crippen molar-refractivity contribution in [1.82, 2.24) is 15.5 Å². The molecule has 0 fully saturated rings. The zero-order chi connectivity index (χ0) is 23.6. The lowest BCUT2D eigenvalue weighted by atomic mass is 10.0. The lowest BCUT2D eigenvalue weighted by Gasteiger charge is -2.33. The van der Waals surface area contributed by atoms with Crippen LogP contribution in [-0.2, 0) is 14.3 Å². The van der Waals surface area contributed by atoms with Crippen molar-refractivity contribution in [2.75, 3.05) is 13.1 Å². The van der Waals surface area contributed by atoms with E-state index in [1.807, 2.05) is 38.1 Å². The van der Waals surface area contributed by atoms with Crippen molar-refractivity contribution in [1.29, 1.82) is 0 Å². The summed E-state index contributed by atoms with van der Waals surface area (Å²) in [5.74, 6) is -0.567. The van der Waals surface area contributed by atoms with Crippen LogP contribution in [0.25, 0.3) is 0 Å². The Kier molecular flexibility index (Phi) is 10.5. The van der Waals surface area contributed by atoms with Crippen LogP contribution in [0.5, 0.6) is 0 Å². The molecule has 1 aromatic rings. The second-order valence-corrected chi connectivity index (χ2v) is 8.80. The summed E-state index contributed by atoms with van der Waals surface area (Å²) in [6.45, 7) is 13.7. The van der Waals surface area contributed by atoms with Gasteiger partial charge in [0.05, 0.1) is 0 Å². The van der Waals surface area contributed by atoms with Crippen molar-refractivity contribution in [2.45, 2.75) is 85.4 Å². The zero-order valence-electron chi connectivity index (χ0n) is 20.1. The first-order chi connectivity index (χ1) is 14.5. The molecule has 0 bridgehead atoms. The minimum atomic E-state index is -0.837. The van der Waals surface area contributed by atoms with Crippen LogP contribution in [0.2, 0.25) is 0 Å². The van der Waals surface area contributed by atoms with Gasteiger partial charge in [-0.2, -0.15) is 0 Å². The van der Waals surface area contributed by atoms with Gasteiger partial charge in [-0.05, 0) is 53.5 Å². The monoisotopic (exact) mass is 433 g/mol. The largest absolute Gasteiger partial charge is 0.444 e. The second-order valence-electron chi connectivity index (χ2n) is 8.80. The number of carbonyl (C=O) groups excluding carboxylic acids is 3. The molecular weight excluding hydrogens is 394 g/mol. The summed E-state index contributed by atoms with van der Waals surface area (Å²) in [7, 11) is 0. The van der Waals surface area contributed by atoms with Crippen LogP contribution in [0.3, 0.4) is 0 Å². The summed E-state index contributed by atoms with van der Waals surface area (Å²) in [5, 5.41) is 5.55. The molecule has 3 amide bonds. The summed E-state index contributed by atoms with van der Waals surface area (Å²) < 4.78 is 5.25. The smallest absolute Gasteiger partial charge is 0.408 e. The molecule has 1 rings (SSSR count). The minimum Gasteiger partial charge on any atom is -0.444 e. The Morgan fingerprint density at radius 1 is 1.06 bits per heavy atom. The molecule has 1 aromatic carbocycles. The average Bonchev–Trinajstić information content (AvgIpc) is 2.68. The van der Waals surface area contributed by atoms with Crippen molar-refractivity contribution >= 4 is 17.9 Å². The Morgan fingerprint density at radius 3 is 2.19 bits per heavy atom. The third kappa shape index (κ3) is 8.99. The first kappa shape index (κ1) is 26.5. The number of ether oxygens (including phenoxy) is 1. The molecule has 0 heterocycles. The highest BCUT2D eigenvalue weighted by Crippen LogP contribution is 2.23. The average molecular weight is 434 g/mol. The van der Waals surface area contributed by atoms with Crippen molar-refractivity contribution < 1.29 is 19.1 Å². The number of amides is 3. The molecule has 0 saturated carbocycles.